The molecule has 2 N–H and O–H groups in total. The molecule has 2 aromatic rings. The standard InChI is InChI=1S/C20H24F3N3O5S/c1-14(2)25-31-12-6-4-3-5-11-26-13-17(18(27)24-19(26)28)15-7-9-16(10-8-15)32(29,30)20(21,22)23/h7-10,13,25H,1,3-6,11-12H2,2H3,(H,24,27,28). The third-order valence-electron chi connectivity index (χ3n) is 4.43. The number of H-pyrrole nitrogens is 1. The van der Waals surface area contributed by atoms with Crippen molar-refractivity contribution in [3.63, 3.8) is 0 Å². The minimum atomic E-state index is -5.49. The van der Waals surface area contributed by atoms with E-state index in [-0.39, 0.29) is 11.1 Å². The Kier molecular flexibility index (Phi) is 8.44. The van der Waals surface area contributed by atoms with Crippen LogP contribution in [0.1, 0.15) is 32.6 Å². The lowest BCUT2D eigenvalue weighted by Gasteiger charge is -2.10. The zero-order valence-electron chi connectivity index (χ0n) is 17.4. The van der Waals surface area contributed by atoms with E-state index in [4.69, 9.17) is 4.84 Å². The number of aromatic amines is 1. The molecule has 0 spiro atoms. The van der Waals surface area contributed by atoms with Crippen LogP contribution in [0.25, 0.3) is 11.1 Å². The highest BCUT2D eigenvalue weighted by molar-refractivity contribution is 7.92. The Bertz CT molecular complexity index is 1150. The molecule has 0 amide bonds. The summed E-state index contributed by atoms with van der Waals surface area (Å²) >= 11 is 0. The summed E-state index contributed by atoms with van der Waals surface area (Å²) in [4.78, 5) is 30.6. The van der Waals surface area contributed by atoms with E-state index in [0.29, 0.717) is 25.3 Å². The molecule has 1 aromatic carbocycles. The van der Waals surface area contributed by atoms with E-state index in [0.717, 1.165) is 43.5 Å². The Labute approximate surface area is 182 Å². The molecule has 1 aromatic heterocycles. The van der Waals surface area contributed by atoms with Crippen molar-refractivity contribution in [1.82, 2.24) is 15.0 Å². The Morgan fingerprint density at radius 3 is 2.34 bits per heavy atom. The minimum Gasteiger partial charge on any atom is -0.300 e. The van der Waals surface area contributed by atoms with Gasteiger partial charge in [-0.2, -0.15) is 13.2 Å². The number of hydroxylamine groups is 1. The molecule has 12 heteroatoms. The molecule has 0 bridgehead atoms. The van der Waals surface area contributed by atoms with Gasteiger partial charge in [-0.1, -0.05) is 31.6 Å². The summed E-state index contributed by atoms with van der Waals surface area (Å²) in [6.45, 7) is 6.25. The van der Waals surface area contributed by atoms with Crippen molar-refractivity contribution in [2.75, 3.05) is 6.61 Å². The number of nitrogens with zero attached hydrogens (tertiary/aromatic N) is 1. The van der Waals surface area contributed by atoms with Gasteiger partial charge in [0.15, 0.2) is 0 Å². The summed E-state index contributed by atoms with van der Waals surface area (Å²) in [6, 6.07) is 3.74. The van der Waals surface area contributed by atoms with Crippen molar-refractivity contribution in [1.29, 1.82) is 0 Å². The second-order valence-electron chi connectivity index (χ2n) is 7.11. The minimum absolute atomic E-state index is 0.0415. The molecular weight excluding hydrogens is 451 g/mol. The van der Waals surface area contributed by atoms with E-state index in [1.165, 1.54) is 10.8 Å². The number of rotatable bonds is 11. The third-order valence-corrected chi connectivity index (χ3v) is 5.94. The zero-order chi connectivity index (χ0) is 23.9. The first-order chi connectivity index (χ1) is 14.9. The molecule has 0 atom stereocenters. The van der Waals surface area contributed by atoms with Gasteiger partial charge in [0.1, 0.15) is 0 Å². The fraction of sp³-hybridized carbons (Fsp3) is 0.400. The molecule has 2 rings (SSSR count). The highest BCUT2D eigenvalue weighted by atomic mass is 32.2. The van der Waals surface area contributed by atoms with Gasteiger partial charge in [0.25, 0.3) is 15.4 Å². The lowest BCUT2D eigenvalue weighted by molar-refractivity contribution is -0.0436. The molecule has 0 aliphatic rings. The number of hydrogen-bond donors (Lipinski definition) is 2. The van der Waals surface area contributed by atoms with E-state index in [1.54, 1.807) is 6.92 Å². The summed E-state index contributed by atoms with van der Waals surface area (Å²) in [6.07, 6.45) is 4.44. The lowest BCUT2D eigenvalue weighted by atomic mass is 10.1. The van der Waals surface area contributed by atoms with Crippen LogP contribution in [-0.2, 0) is 21.2 Å². The summed E-state index contributed by atoms with van der Waals surface area (Å²) in [5, 5.41) is 0. The van der Waals surface area contributed by atoms with E-state index in [1.807, 2.05) is 0 Å². The van der Waals surface area contributed by atoms with Gasteiger partial charge in [0, 0.05) is 18.4 Å². The molecule has 0 saturated heterocycles. The number of aromatic nitrogens is 2. The summed E-state index contributed by atoms with van der Waals surface area (Å²) in [5.74, 6) is 0. The maximum Gasteiger partial charge on any atom is 0.501 e. The fourth-order valence-electron chi connectivity index (χ4n) is 2.81. The zero-order valence-corrected chi connectivity index (χ0v) is 18.2. The topological polar surface area (TPSA) is 110 Å². The number of alkyl halides is 3. The van der Waals surface area contributed by atoms with Gasteiger partial charge >= 0.3 is 11.2 Å². The molecule has 176 valence electrons. The number of nitrogens with one attached hydrogen (secondary N) is 2. The van der Waals surface area contributed by atoms with Crippen molar-refractivity contribution < 1.29 is 26.4 Å². The summed E-state index contributed by atoms with van der Waals surface area (Å²) < 4.78 is 62.3. The average molecular weight is 475 g/mol. The van der Waals surface area contributed by atoms with Gasteiger partial charge in [0.2, 0.25) is 0 Å². The number of aryl methyl sites for hydroxylation is 1. The number of unbranched alkanes of at least 4 members (excludes halogenated alkanes) is 3. The maximum atomic E-state index is 12.7. The average Bonchev–Trinajstić information content (AvgIpc) is 2.70. The first-order valence-electron chi connectivity index (χ1n) is 9.72. The fourth-order valence-corrected chi connectivity index (χ4v) is 3.57. The molecule has 32 heavy (non-hydrogen) atoms. The van der Waals surface area contributed by atoms with Crippen LogP contribution in [0.4, 0.5) is 13.2 Å². The van der Waals surface area contributed by atoms with Crippen molar-refractivity contribution in [2.45, 2.75) is 49.6 Å². The van der Waals surface area contributed by atoms with E-state index < -0.39 is 31.5 Å². The number of halogens is 3. The van der Waals surface area contributed by atoms with Crippen molar-refractivity contribution in [3.05, 3.63) is 63.6 Å². The molecule has 0 unspecified atom stereocenters. The Morgan fingerprint density at radius 1 is 1.12 bits per heavy atom. The van der Waals surface area contributed by atoms with Crippen molar-refractivity contribution in [2.24, 2.45) is 0 Å². The van der Waals surface area contributed by atoms with E-state index in [2.05, 4.69) is 17.0 Å². The molecule has 8 nitrogen and oxygen atoms in total. The van der Waals surface area contributed by atoms with Crippen LogP contribution in [0.5, 0.6) is 0 Å². The SMILES string of the molecule is C=C(C)NOCCCCCCn1cc(-c2ccc(S(=O)(=O)C(F)(F)F)cc2)c(=O)[nH]c1=O. The highest BCUT2D eigenvalue weighted by Crippen LogP contribution is 2.31. The third kappa shape index (κ3) is 6.57. The summed E-state index contributed by atoms with van der Waals surface area (Å²) in [7, 11) is -5.49. The number of sulfone groups is 1. The van der Waals surface area contributed by atoms with Crippen molar-refractivity contribution >= 4 is 9.84 Å². The quantitative estimate of drug-likeness (QED) is 0.382. The number of benzene rings is 1. The molecule has 1 heterocycles. The van der Waals surface area contributed by atoms with Gasteiger partial charge in [-0.25, -0.2) is 13.2 Å². The smallest absolute Gasteiger partial charge is 0.300 e. The Balaban J connectivity index is 2.05. The predicted molar refractivity (Wildman–Crippen MR) is 112 cm³/mol. The first-order valence-corrected chi connectivity index (χ1v) is 11.2. The second-order valence-corrected chi connectivity index (χ2v) is 9.06. The van der Waals surface area contributed by atoms with Crippen LogP contribution in [0.2, 0.25) is 0 Å². The summed E-state index contributed by atoms with van der Waals surface area (Å²) in [5.41, 5.74) is -3.17. The van der Waals surface area contributed by atoms with Crippen LogP contribution < -0.4 is 16.7 Å². The Hall–Kier alpha value is -2.86. The Morgan fingerprint density at radius 2 is 1.75 bits per heavy atom. The molecule has 0 saturated carbocycles. The van der Waals surface area contributed by atoms with Crippen LogP contribution in [-0.4, -0.2) is 30.1 Å². The highest BCUT2D eigenvalue weighted by Gasteiger charge is 2.46. The number of hydrogen-bond acceptors (Lipinski definition) is 6. The van der Waals surface area contributed by atoms with Gasteiger partial charge in [-0.15, -0.1) is 0 Å². The predicted octanol–water partition coefficient (Wildman–Crippen LogP) is 3.11. The van der Waals surface area contributed by atoms with Crippen molar-refractivity contribution in [3.8, 4) is 11.1 Å². The molecule has 0 aliphatic carbocycles. The largest absolute Gasteiger partial charge is 0.501 e. The molecule has 0 aliphatic heterocycles. The van der Waals surface area contributed by atoms with Crippen LogP contribution in [0.3, 0.4) is 0 Å². The van der Waals surface area contributed by atoms with E-state index in [9.17, 15) is 31.2 Å². The lowest BCUT2D eigenvalue weighted by Crippen LogP contribution is -2.30. The van der Waals surface area contributed by atoms with Crippen LogP contribution in [0.15, 0.2) is 57.2 Å². The first kappa shape index (κ1) is 25.4. The van der Waals surface area contributed by atoms with Gasteiger partial charge in [-0.3, -0.25) is 24.7 Å². The number of allylic oxidation sites excluding steroid dienone is 1. The molecule has 0 radical (unpaired) electrons. The van der Waals surface area contributed by atoms with E-state index >= 15 is 0 Å². The van der Waals surface area contributed by atoms with Gasteiger partial charge in [-0.05, 0) is 37.5 Å². The maximum absolute atomic E-state index is 12.7. The van der Waals surface area contributed by atoms with Gasteiger partial charge < -0.3 is 0 Å². The molecular formula is C20H24F3N3O5S. The second kappa shape index (κ2) is 10.6. The van der Waals surface area contributed by atoms with Crippen LogP contribution in [0, 0.1) is 0 Å². The molecule has 0 fully saturated rings. The monoisotopic (exact) mass is 475 g/mol. The normalized spacial score (nSPS) is 12.0. The van der Waals surface area contributed by atoms with Gasteiger partial charge in [0.05, 0.1) is 17.1 Å². The van der Waals surface area contributed by atoms with Crippen LogP contribution >= 0.6 is 0 Å².